The molecular formula is C18H19ClN2O. The normalized spacial score (nSPS) is 34.8. The van der Waals surface area contributed by atoms with Crippen LogP contribution in [0.2, 0.25) is 5.15 Å². The molecule has 1 amide bonds. The molecule has 2 saturated carbocycles. The highest BCUT2D eigenvalue weighted by molar-refractivity contribution is 6.30. The molecule has 1 aliphatic heterocycles. The third kappa shape index (κ3) is 1.75. The second-order valence-corrected chi connectivity index (χ2v) is 7.81. The summed E-state index contributed by atoms with van der Waals surface area (Å²) in [5.41, 5.74) is 3.54. The van der Waals surface area contributed by atoms with Crippen LogP contribution in [0.1, 0.15) is 37.7 Å². The first-order valence-electron chi connectivity index (χ1n) is 8.32. The molecule has 3 atom stereocenters. The maximum absolute atomic E-state index is 13.4. The Hall–Kier alpha value is -1.35. The van der Waals surface area contributed by atoms with Crippen molar-refractivity contribution in [2.24, 2.45) is 17.3 Å². The lowest BCUT2D eigenvalue weighted by atomic mass is 9.79. The van der Waals surface area contributed by atoms with Gasteiger partial charge in [0.15, 0.2) is 0 Å². The summed E-state index contributed by atoms with van der Waals surface area (Å²) in [5.74, 6) is 1.70. The average molecular weight is 315 g/mol. The minimum atomic E-state index is -0.124. The third-order valence-electron chi connectivity index (χ3n) is 6.18. The monoisotopic (exact) mass is 314 g/mol. The van der Waals surface area contributed by atoms with Crippen molar-refractivity contribution in [1.82, 2.24) is 4.98 Å². The summed E-state index contributed by atoms with van der Waals surface area (Å²) in [4.78, 5) is 19.6. The predicted octanol–water partition coefficient (Wildman–Crippen LogP) is 3.76. The van der Waals surface area contributed by atoms with E-state index in [0.717, 1.165) is 49.4 Å². The van der Waals surface area contributed by atoms with E-state index in [-0.39, 0.29) is 5.41 Å². The van der Waals surface area contributed by atoms with Crippen molar-refractivity contribution in [3.63, 3.8) is 0 Å². The number of anilines is 1. The summed E-state index contributed by atoms with van der Waals surface area (Å²) in [7, 11) is 0. The lowest BCUT2D eigenvalue weighted by molar-refractivity contribution is -0.128. The van der Waals surface area contributed by atoms with Gasteiger partial charge in [-0.2, -0.15) is 0 Å². The standard InChI is InChI=1S/C18H19ClN2O/c19-16-14-3-6-21(15(14)2-5-20-16)17(22)18-4-1-11(9-18)7-12-8-13(12)10-18/h2,5,8,11,13H,1,3-4,6-7,9-10H2. The maximum atomic E-state index is 13.4. The molecule has 22 heavy (non-hydrogen) atoms. The SMILES string of the molecule is O=C(N1CCc2c1ccnc2Cl)C12CCC(CC3=CC3C1)C2. The number of allylic oxidation sites excluding steroid dienone is 2. The second kappa shape index (κ2) is 4.35. The summed E-state index contributed by atoms with van der Waals surface area (Å²) in [6.45, 7) is 0.761. The van der Waals surface area contributed by atoms with Gasteiger partial charge in [-0.05, 0) is 56.4 Å². The molecule has 0 saturated heterocycles. The van der Waals surface area contributed by atoms with Crippen molar-refractivity contribution < 1.29 is 4.79 Å². The molecule has 2 bridgehead atoms. The molecule has 114 valence electrons. The van der Waals surface area contributed by atoms with Crippen molar-refractivity contribution in [3.8, 4) is 0 Å². The molecule has 0 radical (unpaired) electrons. The lowest BCUT2D eigenvalue weighted by Crippen LogP contribution is -2.42. The number of pyridine rings is 1. The molecule has 5 rings (SSSR count). The van der Waals surface area contributed by atoms with Crippen molar-refractivity contribution in [1.29, 1.82) is 0 Å². The van der Waals surface area contributed by atoms with Gasteiger partial charge in [0.05, 0.1) is 11.1 Å². The molecule has 0 spiro atoms. The predicted molar refractivity (Wildman–Crippen MR) is 85.9 cm³/mol. The van der Waals surface area contributed by atoms with E-state index < -0.39 is 0 Å². The van der Waals surface area contributed by atoms with Crippen LogP contribution in [0.15, 0.2) is 23.9 Å². The van der Waals surface area contributed by atoms with Crippen LogP contribution in [0, 0.1) is 17.3 Å². The lowest BCUT2D eigenvalue weighted by Gasteiger charge is -2.32. The van der Waals surface area contributed by atoms with Gasteiger partial charge in [0.1, 0.15) is 5.15 Å². The highest BCUT2D eigenvalue weighted by Crippen LogP contribution is 2.58. The quantitative estimate of drug-likeness (QED) is 0.584. The molecule has 1 aromatic rings. The van der Waals surface area contributed by atoms with E-state index in [1.807, 2.05) is 11.0 Å². The topological polar surface area (TPSA) is 33.2 Å². The van der Waals surface area contributed by atoms with Crippen LogP contribution >= 0.6 is 11.6 Å². The number of fused-ring (bicyclic) bond motifs is 4. The Morgan fingerprint density at radius 1 is 1.41 bits per heavy atom. The number of nitrogens with zero attached hydrogens (tertiary/aromatic N) is 2. The van der Waals surface area contributed by atoms with Gasteiger partial charge in [-0.25, -0.2) is 4.98 Å². The number of hydrogen-bond acceptors (Lipinski definition) is 2. The van der Waals surface area contributed by atoms with Crippen LogP contribution in [0.5, 0.6) is 0 Å². The molecule has 3 aliphatic carbocycles. The van der Waals surface area contributed by atoms with Gasteiger partial charge in [-0.3, -0.25) is 4.79 Å². The highest BCUT2D eigenvalue weighted by atomic mass is 35.5. The van der Waals surface area contributed by atoms with Crippen molar-refractivity contribution in [3.05, 3.63) is 34.6 Å². The number of carbonyl (C=O) groups is 1. The summed E-state index contributed by atoms with van der Waals surface area (Å²) < 4.78 is 0. The summed E-state index contributed by atoms with van der Waals surface area (Å²) in [6, 6.07) is 1.95. The Morgan fingerprint density at radius 3 is 3.23 bits per heavy atom. The number of aromatic nitrogens is 1. The minimum absolute atomic E-state index is 0.124. The van der Waals surface area contributed by atoms with Crippen molar-refractivity contribution in [2.45, 2.75) is 38.5 Å². The Labute approximate surface area is 135 Å². The number of rotatable bonds is 1. The fourth-order valence-corrected chi connectivity index (χ4v) is 5.28. The molecule has 0 N–H and O–H groups in total. The molecular weight excluding hydrogens is 296 g/mol. The summed E-state index contributed by atoms with van der Waals surface area (Å²) in [5, 5.41) is 0.557. The van der Waals surface area contributed by atoms with Crippen LogP contribution < -0.4 is 4.90 Å². The van der Waals surface area contributed by atoms with Gasteiger partial charge < -0.3 is 4.90 Å². The minimum Gasteiger partial charge on any atom is -0.311 e. The van der Waals surface area contributed by atoms with E-state index in [9.17, 15) is 4.79 Å². The fourth-order valence-electron chi connectivity index (χ4n) is 5.04. The van der Waals surface area contributed by atoms with E-state index in [1.165, 1.54) is 12.8 Å². The van der Waals surface area contributed by atoms with Gasteiger partial charge in [0, 0.05) is 18.3 Å². The van der Waals surface area contributed by atoms with Gasteiger partial charge in [0.25, 0.3) is 0 Å². The smallest absolute Gasteiger partial charge is 0.233 e. The van der Waals surface area contributed by atoms with E-state index in [1.54, 1.807) is 11.8 Å². The average Bonchev–Trinajstić information content (AvgIpc) is 2.92. The van der Waals surface area contributed by atoms with Crippen LogP contribution in [0.4, 0.5) is 5.69 Å². The first-order chi connectivity index (χ1) is 10.7. The van der Waals surface area contributed by atoms with E-state index in [0.29, 0.717) is 17.0 Å². The molecule has 0 aromatic carbocycles. The molecule has 1 aromatic heterocycles. The number of amides is 1. The van der Waals surface area contributed by atoms with Gasteiger partial charge in [-0.15, -0.1) is 0 Å². The Kier molecular flexibility index (Phi) is 2.59. The van der Waals surface area contributed by atoms with Crippen molar-refractivity contribution >= 4 is 23.2 Å². The Balaban J connectivity index is 1.50. The third-order valence-corrected chi connectivity index (χ3v) is 6.51. The largest absolute Gasteiger partial charge is 0.311 e. The molecule has 2 fully saturated rings. The van der Waals surface area contributed by atoms with Crippen LogP contribution in [-0.2, 0) is 11.2 Å². The van der Waals surface area contributed by atoms with Gasteiger partial charge >= 0.3 is 0 Å². The zero-order chi connectivity index (χ0) is 14.9. The first-order valence-corrected chi connectivity index (χ1v) is 8.70. The van der Waals surface area contributed by atoms with Crippen LogP contribution in [0.3, 0.4) is 0 Å². The number of carbonyl (C=O) groups excluding carboxylic acids is 1. The van der Waals surface area contributed by atoms with Gasteiger partial charge in [-0.1, -0.05) is 23.3 Å². The molecule has 4 heteroatoms. The van der Waals surface area contributed by atoms with Gasteiger partial charge in [0.2, 0.25) is 5.91 Å². The Bertz CT molecular complexity index is 713. The molecule has 3 unspecified atom stereocenters. The molecule has 2 heterocycles. The molecule has 4 aliphatic rings. The maximum Gasteiger partial charge on any atom is 0.233 e. The number of hydrogen-bond donors (Lipinski definition) is 0. The fraction of sp³-hybridized carbons (Fsp3) is 0.556. The van der Waals surface area contributed by atoms with Crippen LogP contribution in [0.25, 0.3) is 0 Å². The summed E-state index contributed by atoms with van der Waals surface area (Å²) >= 11 is 6.20. The molecule has 3 nitrogen and oxygen atoms in total. The van der Waals surface area contributed by atoms with Crippen LogP contribution in [-0.4, -0.2) is 17.4 Å². The zero-order valence-corrected chi connectivity index (χ0v) is 13.3. The van der Waals surface area contributed by atoms with E-state index in [2.05, 4.69) is 11.1 Å². The summed E-state index contributed by atoms with van der Waals surface area (Å²) in [6.07, 6.45) is 10.6. The second-order valence-electron chi connectivity index (χ2n) is 7.45. The number of halogens is 1. The van der Waals surface area contributed by atoms with E-state index in [4.69, 9.17) is 11.6 Å². The Morgan fingerprint density at radius 2 is 2.32 bits per heavy atom. The highest BCUT2D eigenvalue weighted by Gasteiger charge is 2.53. The van der Waals surface area contributed by atoms with Crippen molar-refractivity contribution in [2.75, 3.05) is 11.4 Å². The first kappa shape index (κ1) is 13.1. The van der Waals surface area contributed by atoms with E-state index >= 15 is 0 Å². The zero-order valence-electron chi connectivity index (χ0n) is 12.5.